The third kappa shape index (κ3) is 5.97. The first kappa shape index (κ1) is 19.7. The summed E-state index contributed by atoms with van der Waals surface area (Å²) in [5, 5.41) is 0.705. The van der Waals surface area contributed by atoms with Crippen LogP contribution in [0.5, 0.6) is 0 Å². The van der Waals surface area contributed by atoms with Gasteiger partial charge in [-0.1, -0.05) is 23.8 Å². The highest BCUT2D eigenvalue weighted by molar-refractivity contribution is 6.29. The van der Waals surface area contributed by atoms with Gasteiger partial charge in [-0.3, -0.25) is 9.59 Å². The van der Waals surface area contributed by atoms with Gasteiger partial charge < -0.3 is 19.0 Å². The molecule has 0 aliphatic carbocycles. The Morgan fingerprint density at radius 3 is 2.84 bits per heavy atom. The van der Waals surface area contributed by atoms with E-state index >= 15 is 0 Å². The van der Waals surface area contributed by atoms with Gasteiger partial charge >= 0.3 is 11.9 Å². The van der Waals surface area contributed by atoms with E-state index < -0.39 is 30.3 Å². The van der Waals surface area contributed by atoms with Crippen LogP contribution >= 0.6 is 11.6 Å². The van der Waals surface area contributed by atoms with E-state index in [1.807, 2.05) is 12.2 Å². The number of carbonyl (C=O) groups is 3. The van der Waals surface area contributed by atoms with E-state index in [2.05, 4.69) is 0 Å². The zero-order valence-corrected chi connectivity index (χ0v) is 15.2. The highest BCUT2D eigenvalue weighted by Gasteiger charge is 2.38. The monoisotopic (exact) mass is 370 g/mol. The molecule has 2 aliphatic heterocycles. The second kappa shape index (κ2) is 9.15. The molecule has 7 heteroatoms. The fraction of sp³-hybridized carbons (Fsp3) is 0.611. The van der Waals surface area contributed by atoms with Crippen molar-refractivity contribution in [1.29, 1.82) is 0 Å². The average Bonchev–Trinajstić information content (AvgIpc) is 2.92. The van der Waals surface area contributed by atoms with Crippen LogP contribution in [0, 0.1) is 0 Å². The van der Waals surface area contributed by atoms with E-state index in [1.165, 1.54) is 6.92 Å². The molecule has 0 unspecified atom stereocenters. The molecule has 1 saturated heterocycles. The maximum absolute atomic E-state index is 12.2. The van der Waals surface area contributed by atoms with Gasteiger partial charge in [-0.05, 0) is 31.8 Å². The number of allylic oxidation sites excluding steroid dienone is 3. The summed E-state index contributed by atoms with van der Waals surface area (Å²) in [7, 11) is 0. The van der Waals surface area contributed by atoms with Crippen LogP contribution in [0.3, 0.4) is 0 Å². The molecule has 0 aromatic heterocycles. The third-order valence-corrected chi connectivity index (χ3v) is 4.62. The predicted molar refractivity (Wildman–Crippen MR) is 90.9 cm³/mol. The minimum Gasteiger partial charge on any atom is -0.459 e. The summed E-state index contributed by atoms with van der Waals surface area (Å²) in [6, 6.07) is 0. The van der Waals surface area contributed by atoms with Crippen LogP contribution in [-0.4, -0.2) is 42.6 Å². The SMILES string of the molecule is CC(=O)O[C@@H]1CC(=O)O[C@@H]2C[C@@H](CC/C(Cl)=C\C/C=C\1C)O[C@@H]2C=O. The summed E-state index contributed by atoms with van der Waals surface area (Å²) >= 11 is 6.22. The van der Waals surface area contributed by atoms with E-state index in [0.29, 0.717) is 37.0 Å². The number of halogens is 1. The fourth-order valence-corrected chi connectivity index (χ4v) is 3.15. The molecule has 138 valence electrons. The van der Waals surface area contributed by atoms with Crippen molar-refractivity contribution >= 4 is 29.8 Å². The van der Waals surface area contributed by atoms with Crippen LogP contribution in [-0.2, 0) is 28.6 Å². The first-order valence-corrected chi connectivity index (χ1v) is 8.75. The van der Waals surface area contributed by atoms with Crippen molar-refractivity contribution in [1.82, 2.24) is 0 Å². The number of hydrogen-bond acceptors (Lipinski definition) is 6. The molecular weight excluding hydrogens is 348 g/mol. The van der Waals surface area contributed by atoms with Gasteiger partial charge in [0.05, 0.1) is 12.5 Å². The fourth-order valence-electron chi connectivity index (χ4n) is 2.95. The Kier molecular flexibility index (Phi) is 7.20. The molecule has 6 nitrogen and oxygen atoms in total. The van der Waals surface area contributed by atoms with Crippen LogP contribution in [0.25, 0.3) is 0 Å². The maximum atomic E-state index is 12.2. The molecule has 0 amide bonds. The Morgan fingerprint density at radius 2 is 2.16 bits per heavy atom. The van der Waals surface area contributed by atoms with E-state index in [9.17, 15) is 14.4 Å². The number of carbonyl (C=O) groups excluding carboxylic acids is 3. The zero-order valence-electron chi connectivity index (χ0n) is 14.4. The lowest BCUT2D eigenvalue weighted by atomic mass is 10.0. The van der Waals surface area contributed by atoms with E-state index in [-0.39, 0.29) is 12.5 Å². The summed E-state index contributed by atoms with van der Waals surface area (Å²) in [6.45, 7) is 3.08. The lowest BCUT2D eigenvalue weighted by Crippen LogP contribution is -2.31. The molecule has 0 aromatic carbocycles. The van der Waals surface area contributed by atoms with Gasteiger partial charge in [-0.2, -0.15) is 0 Å². The molecular formula is C18H23ClO6. The standard InChI is InChI=1S/C18H23ClO6/c1-11-4-3-5-13(19)6-7-14-8-16(17(10-20)24-14)25-18(22)9-15(11)23-12(2)21/h4-5,10,14-17H,3,6-9H2,1-2H3/b11-4-,13-5+/t14-,15-,16-,17-/m1/s1. The number of fused-ring (bicyclic) bond motifs is 2. The summed E-state index contributed by atoms with van der Waals surface area (Å²) < 4.78 is 16.3. The van der Waals surface area contributed by atoms with Gasteiger partial charge in [-0.25, -0.2) is 0 Å². The summed E-state index contributed by atoms with van der Waals surface area (Å²) in [4.78, 5) is 34.8. The van der Waals surface area contributed by atoms with Crippen molar-refractivity contribution in [3.05, 3.63) is 22.8 Å². The van der Waals surface area contributed by atoms with Crippen molar-refractivity contribution < 1.29 is 28.6 Å². The van der Waals surface area contributed by atoms with E-state index in [0.717, 1.165) is 5.57 Å². The molecule has 2 bridgehead atoms. The molecule has 2 aliphatic rings. The van der Waals surface area contributed by atoms with E-state index in [1.54, 1.807) is 6.92 Å². The number of ether oxygens (including phenoxy) is 3. The molecule has 0 aromatic rings. The minimum absolute atomic E-state index is 0.105. The third-order valence-electron chi connectivity index (χ3n) is 4.28. The molecule has 1 fully saturated rings. The van der Waals surface area contributed by atoms with Crippen molar-refractivity contribution in [2.75, 3.05) is 0 Å². The molecule has 2 heterocycles. The van der Waals surface area contributed by atoms with Gasteiger partial charge in [0.2, 0.25) is 0 Å². The normalized spacial score (nSPS) is 35.4. The highest BCUT2D eigenvalue weighted by atomic mass is 35.5. The summed E-state index contributed by atoms with van der Waals surface area (Å²) in [5.41, 5.74) is 0.748. The van der Waals surface area contributed by atoms with Gasteiger partial charge in [0.1, 0.15) is 18.3 Å². The quantitative estimate of drug-likeness (QED) is 0.422. The van der Waals surface area contributed by atoms with Crippen LogP contribution in [0.2, 0.25) is 0 Å². The van der Waals surface area contributed by atoms with Crippen LogP contribution in [0.15, 0.2) is 22.8 Å². The molecule has 25 heavy (non-hydrogen) atoms. The minimum atomic E-state index is -0.773. The lowest BCUT2D eigenvalue weighted by molar-refractivity contribution is -0.157. The number of aldehydes is 1. The molecule has 2 rings (SSSR count). The van der Waals surface area contributed by atoms with Gasteiger partial charge in [-0.15, -0.1) is 0 Å². The zero-order chi connectivity index (χ0) is 18.4. The number of rotatable bonds is 2. The average molecular weight is 371 g/mol. The number of esters is 2. The predicted octanol–water partition coefficient (Wildman–Crippen LogP) is 2.83. The molecule has 0 radical (unpaired) electrons. The second-order valence-corrected chi connectivity index (χ2v) is 6.78. The van der Waals surface area contributed by atoms with Crippen LogP contribution < -0.4 is 0 Å². The molecule has 0 N–H and O–H groups in total. The van der Waals surface area contributed by atoms with Crippen LogP contribution in [0.1, 0.15) is 46.0 Å². The maximum Gasteiger partial charge on any atom is 0.310 e. The Balaban J connectivity index is 2.20. The summed E-state index contributed by atoms with van der Waals surface area (Å²) in [5.74, 6) is -0.999. The Labute approximate surface area is 152 Å². The van der Waals surface area contributed by atoms with Crippen molar-refractivity contribution in [2.24, 2.45) is 0 Å². The van der Waals surface area contributed by atoms with Crippen LogP contribution in [0.4, 0.5) is 0 Å². The smallest absolute Gasteiger partial charge is 0.310 e. The Bertz CT molecular complexity index is 582. The Hall–Kier alpha value is -1.66. The van der Waals surface area contributed by atoms with Gasteiger partial charge in [0.15, 0.2) is 6.29 Å². The molecule has 0 saturated carbocycles. The second-order valence-electron chi connectivity index (χ2n) is 6.30. The van der Waals surface area contributed by atoms with Crippen molar-refractivity contribution in [2.45, 2.75) is 70.4 Å². The number of hydrogen-bond donors (Lipinski definition) is 0. The van der Waals surface area contributed by atoms with Crippen molar-refractivity contribution in [3.8, 4) is 0 Å². The first-order chi connectivity index (χ1) is 11.9. The lowest BCUT2D eigenvalue weighted by Gasteiger charge is -2.20. The highest BCUT2D eigenvalue weighted by Crippen LogP contribution is 2.28. The molecule has 0 spiro atoms. The van der Waals surface area contributed by atoms with Gasteiger partial charge in [0, 0.05) is 18.4 Å². The summed E-state index contributed by atoms with van der Waals surface area (Å²) in [6.07, 6.45) is 4.33. The first-order valence-electron chi connectivity index (χ1n) is 8.37. The largest absolute Gasteiger partial charge is 0.459 e. The van der Waals surface area contributed by atoms with Gasteiger partial charge in [0.25, 0.3) is 0 Å². The Morgan fingerprint density at radius 1 is 1.40 bits per heavy atom. The topological polar surface area (TPSA) is 78.9 Å². The van der Waals surface area contributed by atoms with E-state index in [4.69, 9.17) is 25.8 Å². The molecule has 4 atom stereocenters. The van der Waals surface area contributed by atoms with Crippen molar-refractivity contribution in [3.63, 3.8) is 0 Å².